The summed E-state index contributed by atoms with van der Waals surface area (Å²) in [6, 6.07) is 0. The molecule has 0 aromatic heterocycles. The van der Waals surface area contributed by atoms with Crippen molar-refractivity contribution in [2.75, 3.05) is 32.7 Å². The molecule has 0 radical (unpaired) electrons. The minimum atomic E-state index is -0.785. The summed E-state index contributed by atoms with van der Waals surface area (Å²) in [5.74, 6) is 0. The molecular formula is C10H19N3O2. The van der Waals surface area contributed by atoms with Crippen LogP contribution in [0, 0.1) is 0 Å². The molecule has 2 rings (SSSR count). The van der Waals surface area contributed by atoms with E-state index < -0.39 is 6.09 Å². The number of likely N-dealkylation sites (tertiary alicyclic amines) is 1. The largest absolute Gasteiger partial charge is 0.465 e. The highest BCUT2D eigenvalue weighted by molar-refractivity contribution is 5.65. The number of amides is 1. The number of nitrogens with zero attached hydrogens (tertiary/aromatic N) is 2. The average molecular weight is 213 g/mol. The van der Waals surface area contributed by atoms with E-state index in [2.05, 4.69) is 10.2 Å². The van der Waals surface area contributed by atoms with E-state index >= 15 is 0 Å². The third kappa shape index (κ3) is 2.41. The number of piperazine rings is 1. The van der Waals surface area contributed by atoms with E-state index in [1.807, 2.05) is 0 Å². The maximum absolute atomic E-state index is 11.1. The first-order valence-corrected chi connectivity index (χ1v) is 5.73. The first-order chi connectivity index (χ1) is 7.29. The molecule has 5 nitrogen and oxygen atoms in total. The highest BCUT2D eigenvalue weighted by Gasteiger charge is 2.31. The summed E-state index contributed by atoms with van der Waals surface area (Å²) >= 11 is 0. The van der Waals surface area contributed by atoms with E-state index in [1.54, 1.807) is 4.90 Å². The van der Waals surface area contributed by atoms with Gasteiger partial charge in [-0.15, -0.1) is 0 Å². The SMILES string of the molecule is O=C(O)N1CCNCC1N1CCCCC1. The van der Waals surface area contributed by atoms with Crippen molar-refractivity contribution < 1.29 is 9.90 Å². The predicted octanol–water partition coefficient (Wildman–Crippen LogP) is 0.382. The zero-order valence-electron chi connectivity index (χ0n) is 8.98. The molecule has 15 heavy (non-hydrogen) atoms. The van der Waals surface area contributed by atoms with Crippen LogP contribution < -0.4 is 5.32 Å². The third-order valence-corrected chi connectivity index (χ3v) is 3.27. The molecule has 0 spiro atoms. The Hall–Kier alpha value is -0.810. The summed E-state index contributed by atoms with van der Waals surface area (Å²) in [5, 5.41) is 12.4. The second kappa shape index (κ2) is 4.81. The number of piperidine rings is 1. The smallest absolute Gasteiger partial charge is 0.408 e. The third-order valence-electron chi connectivity index (χ3n) is 3.27. The average Bonchev–Trinajstić information content (AvgIpc) is 2.30. The first kappa shape index (κ1) is 10.7. The molecule has 0 saturated carbocycles. The molecule has 0 aliphatic carbocycles. The number of carboxylic acid groups (broad SMARTS) is 1. The van der Waals surface area contributed by atoms with Gasteiger partial charge in [0.15, 0.2) is 0 Å². The lowest BCUT2D eigenvalue weighted by Crippen LogP contribution is -2.61. The highest BCUT2D eigenvalue weighted by Crippen LogP contribution is 2.16. The Labute approximate surface area is 90.0 Å². The highest BCUT2D eigenvalue weighted by atomic mass is 16.4. The zero-order valence-corrected chi connectivity index (χ0v) is 8.98. The maximum Gasteiger partial charge on any atom is 0.408 e. The maximum atomic E-state index is 11.1. The summed E-state index contributed by atoms with van der Waals surface area (Å²) < 4.78 is 0. The number of rotatable bonds is 1. The van der Waals surface area contributed by atoms with Gasteiger partial charge in [0, 0.05) is 32.7 Å². The Morgan fingerprint density at radius 3 is 2.60 bits per heavy atom. The molecule has 2 saturated heterocycles. The quantitative estimate of drug-likeness (QED) is 0.661. The van der Waals surface area contributed by atoms with E-state index in [4.69, 9.17) is 5.11 Å². The van der Waals surface area contributed by atoms with Gasteiger partial charge in [-0.1, -0.05) is 6.42 Å². The first-order valence-electron chi connectivity index (χ1n) is 5.73. The van der Waals surface area contributed by atoms with Crippen LogP contribution in [0.5, 0.6) is 0 Å². The van der Waals surface area contributed by atoms with Crippen LogP contribution in [0.15, 0.2) is 0 Å². The van der Waals surface area contributed by atoms with Gasteiger partial charge in [-0.2, -0.15) is 0 Å². The Morgan fingerprint density at radius 1 is 1.20 bits per heavy atom. The van der Waals surface area contributed by atoms with Crippen molar-refractivity contribution in [2.45, 2.75) is 25.4 Å². The number of hydrogen-bond acceptors (Lipinski definition) is 3. The fraction of sp³-hybridized carbons (Fsp3) is 0.900. The van der Waals surface area contributed by atoms with Gasteiger partial charge in [0.05, 0.1) is 0 Å². The van der Waals surface area contributed by atoms with Gasteiger partial charge in [0.1, 0.15) is 6.17 Å². The van der Waals surface area contributed by atoms with Crippen molar-refractivity contribution in [2.24, 2.45) is 0 Å². The van der Waals surface area contributed by atoms with Crippen LogP contribution >= 0.6 is 0 Å². The molecule has 1 amide bonds. The lowest BCUT2D eigenvalue weighted by Gasteiger charge is -2.42. The summed E-state index contributed by atoms with van der Waals surface area (Å²) in [5.41, 5.74) is 0. The molecule has 2 aliphatic heterocycles. The summed E-state index contributed by atoms with van der Waals surface area (Å²) in [4.78, 5) is 14.9. The zero-order chi connectivity index (χ0) is 10.7. The van der Waals surface area contributed by atoms with Crippen LogP contribution in [0.25, 0.3) is 0 Å². The minimum Gasteiger partial charge on any atom is -0.465 e. The van der Waals surface area contributed by atoms with Gasteiger partial charge >= 0.3 is 6.09 Å². The van der Waals surface area contributed by atoms with E-state index in [0.29, 0.717) is 6.54 Å². The lowest BCUT2D eigenvalue weighted by molar-refractivity contribution is 0.0190. The molecule has 2 heterocycles. The number of carbonyl (C=O) groups is 1. The molecular weight excluding hydrogens is 194 g/mol. The van der Waals surface area contributed by atoms with E-state index in [0.717, 1.165) is 26.2 Å². The van der Waals surface area contributed by atoms with Crippen molar-refractivity contribution in [3.8, 4) is 0 Å². The van der Waals surface area contributed by atoms with Crippen molar-refractivity contribution in [3.05, 3.63) is 0 Å². The Balaban J connectivity index is 1.99. The summed E-state index contributed by atoms with van der Waals surface area (Å²) in [7, 11) is 0. The van der Waals surface area contributed by atoms with E-state index in [-0.39, 0.29) is 6.17 Å². The molecule has 86 valence electrons. The van der Waals surface area contributed by atoms with Gasteiger partial charge in [0.2, 0.25) is 0 Å². The van der Waals surface area contributed by atoms with Gasteiger partial charge in [-0.05, 0) is 12.8 Å². The van der Waals surface area contributed by atoms with E-state index in [9.17, 15) is 4.79 Å². The Kier molecular flexibility index (Phi) is 3.43. The molecule has 1 atom stereocenters. The number of nitrogens with one attached hydrogen (secondary N) is 1. The van der Waals surface area contributed by atoms with Gasteiger partial charge in [-0.3, -0.25) is 9.80 Å². The lowest BCUT2D eigenvalue weighted by atomic mass is 10.1. The molecule has 2 fully saturated rings. The van der Waals surface area contributed by atoms with Crippen LogP contribution in [-0.2, 0) is 0 Å². The normalized spacial score (nSPS) is 29.1. The van der Waals surface area contributed by atoms with Crippen molar-refractivity contribution in [1.29, 1.82) is 0 Å². The Bertz CT molecular complexity index is 229. The fourth-order valence-electron chi connectivity index (χ4n) is 2.46. The topological polar surface area (TPSA) is 55.8 Å². The van der Waals surface area contributed by atoms with Crippen LogP contribution in [0.2, 0.25) is 0 Å². The second-order valence-electron chi connectivity index (χ2n) is 4.26. The molecule has 1 unspecified atom stereocenters. The standard InChI is InChI=1S/C10H19N3O2/c14-10(15)13-7-4-11-8-9(13)12-5-2-1-3-6-12/h9,11H,1-8H2,(H,14,15). The molecule has 0 aromatic carbocycles. The van der Waals surface area contributed by atoms with E-state index in [1.165, 1.54) is 19.3 Å². The fourth-order valence-corrected chi connectivity index (χ4v) is 2.46. The van der Waals surface area contributed by atoms with Gasteiger partial charge in [0.25, 0.3) is 0 Å². The van der Waals surface area contributed by atoms with Crippen LogP contribution in [0.4, 0.5) is 4.79 Å². The van der Waals surface area contributed by atoms with Crippen LogP contribution in [-0.4, -0.2) is 59.9 Å². The predicted molar refractivity (Wildman–Crippen MR) is 56.8 cm³/mol. The van der Waals surface area contributed by atoms with Crippen LogP contribution in [0.1, 0.15) is 19.3 Å². The monoisotopic (exact) mass is 213 g/mol. The van der Waals surface area contributed by atoms with Gasteiger partial charge < -0.3 is 10.4 Å². The van der Waals surface area contributed by atoms with Gasteiger partial charge in [-0.25, -0.2) is 4.79 Å². The summed E-state index contributed by atoms with van der Waals surface area (Å²) in [6.45, 7) is 4.23. The Morgan fingerprint density at radius 2 is 1.93 bits per heavy atom. The number of hydrogen-bond donors (Lipinski definition) is 2. The van der Waals surface area contributed by atoms with Crippen LogP contribution in [0.3, 0.4) is 0 Å². The minimum absolute atomic E-state index is 0.0524. The van der Waals surface area contributed by atoms with Crippen molar-refractivity contribution >= 4 is 6.09 Å². The van der Waals surface area contributed by atoms with Crippen molar-refractivity contribution in [1.82, 2.24) is 15.1 Å². The molecule has 0 aromatic rings. The molecule has 5 heteroatoms. The second-order valence-corrected chi connectivity index (χ2v) is 4.26. The summed E-state index contributed by atoms with van der Waals surface area (Å²) in [6.07, 6.45) is 2.95. The molecule has 2 N–H and O–H groups in total. The molecule has 0 bridgehead atoms. The van der Waals surface area contributed by atoms with Crippen molar-refractivity contribution in [3.63, 3.8) is 0 Å². The molecule has 2 aliphatic rings.